The largest absolute Gasteiger partial charge is 0.396 e. The quantitative estimate of drug-likeness (QED) is 0.883. The molecule has 3 rings (SSSR count). The summed E-state index contributed by atoms with van der Waals surface area (Å²) >= 11 is 6.04. The van der Waals surface area contributed by atoms with Gasteiger partial charge in [-0.2, -0.15) is 0 Å². The minimum Gasteiger partial charge on any atom is -0.396 e. The van der Waals surface area contributed by atoms with Crippen molar-refractivity contribution in [3.63, 3.8) is 0 Å². The number of rotatable bonds is 3. The monoisotopic (exact) mass is 291 g/mol. The van der Waals surface area contributed by atoms with E-state index in [0.717, 1.165) is 28.7 Å². The van der Waals surface area contributed by atoms with Gasteiger partial charge in [-0.1, -0.05) is 18.5 Å². The Hall–Kier alpha value is -1.39. The molecule has 0 unspecified atom stereocenters. The average molecular weight is 292 g/mol. The van der Waals surface area contributed by atoms with Gasteiger partial charge in [0.1, 0.15) is 11.0 Å². The van der Waals surface area contributed by atoms with Gasteiger partial charge in [-0.05, 0) is 30.4 Å². The maximum atomic E-state index is 9.41. The van der Waals surface area contributed by atoms with E-state index in [0.29, 0.717) is 11.2 Å². The molecule has 2 aromatic rings. The minimum absolute atomic E-state index is 0.0336. The molecule has 0 aromatic carbocycles. The zero-order valence-corrected chi connectivity index (χ0v) is 12.4. The highest BCUT2D eigenvalue weighted by molar-refractivity contribution is 6.30. The number of pyridine rings is 2. The Kier molecular flexibility index (Phi) is 3.52. The van der Waals surface area contributed by atoms with Crippen LogP contribution in [-0.4, -0.2) is 34.3 Å². The van der Waals surface area contributed by atoms with Gasteiger partial charge in [0, 0.05) is 42.9 Å². The maximum absolute atomic E-state index is 9.41. The molecule has 0 saturated carbocycles. The highest BCUT2D eigenvalue weighted by Gasteiger charge is 2.27. The molecule has 1 aliphatic heterocycles. The van der Waals surface area contributed by atoms with Crippen molar-refractivity contribution in [1.82, 2.24) is 9.97 Å². The van der Waals surface area contributed by atoms with Crippen LogP contribution in [0.3, 0.4) is 0 Å². The zero-order chi connectivity index (χ0) is 14.3. The number of anilines is 1. The van der Waals surface area contributed by atoms with E-state index >= 15 is 0 Å². The zero-order valence-electron chi connectivity index (χ0n) is 11.7. The second kappa shape index (κ2) is 5.19. The average Bonchev–Trinajstić information content (AvgIpc) is 2.44. The molecule has 0 amide bonds. The van der Waals surface area contributed by atoms with Gasteiger partial charge in [-0.25, -0.2) is 9.97 Å². The molecule has 0 spiro atoms. The molecule has 1 fully saturated rings. The van der Waals surface area contributed by atoms with Gasteiger partial charge in [0.2, 0.25) is 0 Å². The second-order valence-corrected chi connectivity index (χ2v) is 5.89. The lowest BCUT2D eigenvalue weighted by Gasteiger charge is -2.40. The summed E-state index contributed by atoms with van der Waals surface area (Å²) in [5.74, 6) is 1.00. The lowest BCUT2D eigenvalue weighted by atomic mass is 9.97. The molecule has 0 radical (unpaired) electrons. The third kappa shape index (κ3) is 2.13. The van der Waals surface area contributed by atoms with Crippen LogP contribution < -0.4 is 4.90 Å². The number of nitrogens with zero attached hydrogens (tertiary/aromatic N) is 3. The lowest BCUT2D eigenvalue weighted by Crippen LogP contribution is -2.46. The standard InChI is InChI=1S/C15H18ClN3O/c1-9(8-20)12-6-18-15(19-4-3-10(19)2)13-7-17-14(16)5-11(12)13/h5-7,9-10,20H,3-4,8H2,1-2H3/t9-,10-/m0/s1. The predicted octanol–water partition coefficient (Wildman–Crippen LogP) is 2.98. The summed E-state index contributed by atoms with van der Waals surface area (Å²) in [4.78, 5) is 11.1. The van der Waals surface area contributed by atoms with Crippen molar-refractivity contribution in [3.05, 3.63) is 29.2 Å². The van der Waals surface area contributed by atoms with E-state index in [1.54, 1.807) is 6.20 Å². The van der Waals surface area contributed by atoms with Crippen molar-refractivity contribution in [1.29, 1.82) is 0 Å². The summed E-state index contributed by atoms with van der Waals surface area (Å²) in [5.41, 5.74) is 1.02. The number of hydrogen-bond donors (Lipinski definition) is 1. The molecule has 2 atom stereocenters. The SMILES string of the molecule is C[C@@H](CO)c1cnc(N2CC[C@@H]2C)c2cnc(Cl)cc12. The Labute approximate surface area is 123 Å². The summed E-state index contributed by atoms with van der Waals surface area (Å²) in [6.45, 7) is 5.30. The molecule has 1 N–H and O–H groups in total. The fourth-order valence-corrected chi connectivity index (χ4v) is 2.83. The Morgan fingerprint density at radius 2 is 2.20 bits per heavy atom. The van der Waals surface area contributed by atoms with Crippen LogP contribution in [0.25, 0.3) is 10.8 Å². The molecule has 3 heterocycles. The minimum atomic E-state index is 0.0336. The summed E-state index contributed by atoms with van der Waals surface area (Å²) in [5, 5.41) is 11.9. The van der Waals surface area contributed by atoms with E-state index in [1.165, 1.54) is 6.42 Å². The highest BCUT2D eigenvalue weighted by Crippen LogP contribution is 2.35. The van der Waals surface area contributed by atoms with Gasteiger partial charge in [0.05, 0.1) is 0 Å². The van der Waals surface area contributed by atoms with E-state index in [2.05, 4.69) is 21.8 Å². The van der Waals surface area contributed by atoms with Crippen molar-refractivity contribution >= 4 is 28.2 Å². The molecule has 5 heteroatoms. The fourth-order valence-electron chi connectivity index (χ4n) is 2.67. The van der Waals surface area contributed by atoms with Crippen molar-refractivity contribution in [2.75, 3.05) is 18.1 Å². The van der Waals surface area contributed by atoms with Gasteiger partial charge < -0.3 is 10.0 Å². The molecular weight excluding hydrogens is 274 g/mol. The smallest absolute Gasteiger partial charge is 0.138 e. The first kappa shape index (κ1) is 13.6. The van der Waals surface area contributed by atoms with Crippen LogP contribution in [0.4, 0.5) is 5.82 Å². The highest BCUT2D eigenvalue weighted by atomic mass is 35.5. The number of halogens is 1. The summed E-state index contributed by atoms with van der Waals surface area (Å²) in [7, 11) is 0. The normalized spacial score (nSPS) is 20.0. The van der Waals surface area contributed by atoms with Crippen molar-refractivity contribution in [2.45, 2.75) is 32.2 Å². The van der Waals surface area contributed by atoms with E-state index < -0.39 is 0 Å². The predicted molar refractivity (Wildman–Crippen MR) is 81.5 cm³/mol. The van der Waals surface area contributed by atoms with Crippen LogP contribution in [0.15, 0.2) is 18.5 Å². The number of hydrogen-bond acceptors (Lipinski definition) is 4. The molecule has 4 nitrogen and oxygen atoms in total. The van der Waals surface area contributed by atoms with Crippen molar-refractivity contribution in [3.8, 4) is 0 Å². The van der Waals surface area contributed by atoms with Gasteiger partial charge in [0.15, 0.2) is 0 Å². The summed E-state index contributed by atoms with van der Waals surface area (Å²) in [6.07, 6.45) is 4.84. The van der Waals surface area contributed by atoms with E-state index in [1.807, 2.05) is 19.2 Å². The molecule has 1 aliphatic rings. The van der Waals surface area contributed by atoms with Crippen LogP contribution in [0.2, 0.25) is 5.15 Å². The molecule has 20 heavy (non-hydrogen) atoms. The summed E-state index contributed by atoms with van der Waals surface area (Å²) < 4.78 is 0. The van der Waals surface area contributed by atoms with Crippen LogP contribution in [-0.2, 0) is 0 Å². The topological polar surface area (TPSA) is 49.3 Å². The molecule has 0 bridgehead atoms. The van der Waals surface area contributed by atoms with Crippen molar-refractivity contribution < 1.29 is 5.11 Å². The van der Waals surface area contributed by atoms with Crippen LogP contribution in [0.5, 0.6) is 0 Å². The number of aliphatic hydroxyl groups is 1. The lowest BCUT2D eigenvalue weighted by molar-refractivity contribution is 0.273. The van der Waals surface area contributed by atoms with Gasteiger partial charge in [0.25, 0.3) is 0 Å². The molecule has 1 saturated heterocycles. The summed E-state index contributed by atoms with van der Waals surface area (Å²) in [6, 6.07) is 2.39. The molecular formula is C15H18ClN3O. The first-order chi connectivity index (χ1) is 9.61. The van der Waals surface area contributed by atoms with Crippen LogP contribution in [0, 0.1) is 0 Å². The van der Waals surface area contributed by atoms with Gasteiger partial charge in [-0.3, -0.25) is 0 Å². The Morgan fingerprint density at radius 3 is 2.80 bits per heavy atom. The Morgan fingerprint density at radius 1 is 1.40 bits per heavy atom. The number of aromatic nitrogens is 2. The molecule has 0 aliphatic carbocycles. The number of fused-ring (bicyclic) bond motifs is 1. The fraction of sp³-hybridized carbons (Fsp3) is 0.467. The van der Waals surface area contributed by atoms with Crippen LogP contribution >= 0.6 is 11.6 Å². The third-order valence-electron chi connectivity index (χ3n) is 4.15. The van der Waals surface area contributed by atoms with Crippen molar-refractivity contribution in [2.24, 2.45) is 0 Å². The third-order valence-corrected chi connectivity index (χ3v) is 4.35. The molecule has 2 aromatic heterocycles. The Balaban J connectivity index is 2.20. The molecule has 106 valence electrons. The first-order valence-electron chi connectivity index (χ1n) is 6.93. The van der Waals surface area contributed by atoms with E-state index in [-0.39, 0.29) is 12.5 Å². The number of aliphatic hydroxyl groups excluding tert-OH is 1. The van der Waals surface area contributed by atoms with E-state index in [9.17, 15) is 5.11 Å². The van der Waals surface area contributed by atoms with Gasteiger partial charge in [-0.15, -0.1) is 0 Å². The van der Waals surface area contributed by atoms with E-state index in [4.69, 9.17) is 11.6 Å². The first-order valence-corrected chi connectivity index (χ1v) is 7.31. The maximum Gasteiger partial charge on any atom is 0.138 e. The second-order valence-electron chi connectivity index (χ2n) is 5.50. The van der Waals surface area contributed by atoms with Crippen LogP contribution in [0.1, 0.15) is 31.7 Å². The Bertz CT molecular complexity index is 646. The van der Waals surface area contributed by atoms with Gasteiger partial charge >= 0.3 is 0 Å².